The second-order valence-electron chi connectivity index (χ2n) is 7.68. The third-order valence-corrected chi connectivity index (χ3v) is 5.98. The van der Waals surface area contributed by atoms with Crippen molar-refractivity contribution in [3.63, 3.8) is 0 Å². The van der Waals surface area contributed by atoms with E-state index in [0.29, 0.717) is 18.1 Å². The third-order valence-electron chi connectivity index (χ3n) is 5.17. The fourth-order valence-corrected chi connectivity index (χ4v) is 4.35. The molecule has 0 aliphatic carbocycles. The first-order valence-corrected chi connectivity index (χ1v) is 11.5. The maximum atomic E-state index is 12.8. The van der Waals surface area contributed by atoms with E-state index in [-0.39, 0.29) is 18.1 Å². The van der Waals surface area contributed by atoms with Gasteiger partial charge in [0.05, 0.1) is 17.2 Å². The zero-order valence-corrected chi connectivity index (χ0v) is 20.5. The van der Waals surface area contributed by atoms with E-state index in [1.54, 1.807) is 19.3 Å². The first-order valence-electron chi connectivity index (χ1n) is 10.4. The van der Waals surface area contributed by atoms with Crippen LogP contribution in [0, 0.1) is 10.5 Å². The van der Waals surface area contributed by atoms with Gasteiger partial charge >= 0.3 is 6.03 Å². The number of amides is 3. The topological polar surface area (TPSA) is 67.9 Å². The molecule has 168 valence electrons. The molecule has 33 heavy (non-hydrogen) atoms. The standard InChI is InChI=1S/C26H23IN2O4/c1-17-7-6-10-19(11-17)16-33-24-21(27)12-20(14-23(24)32-2)13-22-25(30)29(26(31)28-22)15-18-8-4-3-5-9-18/h3-14H,15-16H2,1-2H3,(H,28,31)/b22-13+. The molecule has 6 nitrogen and oxygen atoms in total. The minimum absolute atomic E-state index is 0.218. The number of imide groups is 1. The number of methoxy groups -OCH3 is 1. The Labute approximate surface area is 206 Å². The van der Waals surface area contributed by atoms with Crippen molar-refractivity contribution in [2.24, 2.45) is 0 Å². The van der Waals surface area contributed by atoms with Crippen LogP contribution in [0.15, 0.2) is 72.4 Å². The molecule has 0 bridgehead atoms. The number of rotatable bonds is 7. The number of carbonyl (C=O) groups is 2. The van der Waals surface area contributed by atoms with E-state index < -0.39 is 6.03 Å². The maximum Gasteiger partial charge on any atom is 0.329 e. The van der Waals surface area contributed by atoms with Gasteiger partial charge in [0.25, 0.3) is 5.91 Å². The summed E-state index contributed by atoms with van der Waals surface area (Å²) < 4.78 is 12.4. The summed E-state index contributed by atoms with van der Waals surface area (Å²) >= 11 is 2.18. The zero-order valence-electron chi connectivity index (χ0n) is 18.3. The Hall–Kier alpha value is -3.33. The fourth-order valence-electron chi connectivity index (χ4n) is 3.57. The lowest BCUT2D eigenvalue weighted by Gasteiger charge is -2.14. The normalized spacial score (nSPS) is 14.5. The van der Waals surface area contributed by atoms with Crippen LogP contribution in [-0.2, 0) is 17.9 Å². The predicted molar refractivity (Wildman–Crippen MR) is 135 cm³/mol. The minimum atomic E-state index is -0.435. The largest absolute Gasteiger partial charge is 0.493 e. The molecule has 0 atom stereocenters. The minimum Gasteiger partial charge on any atom is -0.493 e. The Balaban J connectivity index is 1.53. The summed E-state index contributed by atoms with van der Waals surface area (Å²) in [6, 6.07) is 20.8. The molecule has 1 aliphatic rings. The van der Waals surface area contributed by atoms with Gasteiger partial charge in [-0.25, -0.2) is 4.79 Å². The Morgan fingerprint density at radius 2 is 1.76 bits per heavy atom. The van der Waals surface area contributed by atoms with Crippen LogP contribution in [0.25, 0.3) is 6.08 Å². The average molecular weight is 554 g/mol. The summed E-state index contributed by atoms with van der Waals surface area (Å²) in [5.74, 6) is 0.825. The summed E-state index contributed by atoms with van der Waals surface area (Å²) in [6.45, 7) is 2.67. The molecule has 1 heterocycles. The van der Waals surface area contributed by atoms with E-state index in [1.165, 1.54) is 10.5 Å². The Morgan fingerprint density at radius 3 is 2.48 bits per heavy atom. The number of ether oxygens (including phenoxy) is 2. The van der Waals surface area contributed by atoms with Gasteiger partial charge in [-0.2, -0.15) is 0 Å². The molecule has 7 heteroatoms. The number of benzene rings is 3. The maximum absolute atomic E-state index is 12.8. The number of nitrogens with one attached hydrogen (secondary N) is 1. The molecule has 0 unspecified atom stereocenters. The molecule has 3 aromatic rings. The fraction of sp³-hybridized carbons (Fsp3) is 0.154. The van der Waals surface area contributed by atoms with Crippen molar-refractivity contribution >= 4 is 40.6 Å². The number of nitrogens with zero attached hydrogens (tertiary/aromatic N) is 1. The van der Waals surface area contributed by atoms with Gasteiger partial charge in [-0.3, -0.25) is 9.69 Å². The number of aryl methyl sites for hydroxylation is 1. The molecule has 0 aromatic heterocycles. The third kappa shape index (κ3) is 5.36. The zero-order chi connectivity index (χ0) is 23.4. The number of halogens is 1. The predicted octanol–water partition coefficient (Wildman–Crippen LogP) is 5.28. The highest BCUT2D eigenvalue weighted by molar-refractivity contribution is 14.1. The van der Waals surface area contributed by atoms with E-state index in [0.717, 1.165) is 20.3 Å². The monoisotopic (exact) mass is 554 g/mol. The molecule has 1 N–H and O–H groups in total. The lowest BCUT2D eigenvalue weighted by atomic mass is 10.1. The van der Waals surface area contributed by atoms with Crippen molar-refractivity contribution in [3.05, 3.63) is 98.3 Å². The van der Waals surface area contributed by atoms with Gasteiger partial charge in [-0.15, -0.1) is 0 Å². The molecule has 3 aromatic carbocycles. The van der Waals surface area contributed by atoms with Crippen molar-refractivity contribution in [2.75, 3.05) is 7.11 Å². The number of urea groups is 1. The molecule has 4 rings (SSSR count). The van der Waals surface area contributed by atoms with Gasteiger partial charge in [-0.05, 0) is 64.4 Å². The summed E-state index contributed by atoms with van der Waals surface area (Å²) in [5, 5.41) is 2.67. The molecular weight excluding hydrogens is 531 g/mol. The van der Waals surface area contributed by atoms with E-state index in [9.17, 15) is 9.59 Å². The lowest BCUT2D eigenvalue weighted by molar-refractivity contribution is -0.123. The Kier molecular flexibility index (Phi) is 6.98. The molecule has 1 saturated heterocycles. The summed E-state index contributed by atoms with van der Waals surface area (Å²) in [6.07, 6.45) is 1.65. The SMILES string of the molecule is COc1cc(/C=C2/NC(=O)N(Cc3ccccc3)C2=O)cc(I)c1OCc1cccc(C)c1. The van der Waals surface area contributed by atoms with Crippen molar-refractivity contribution in [3.8, 4) is 11.5 Å². The van der Waals surface area contributed by atoms with Crippen molar-refractivity contribution in [1.82, 2.24) is 10.2 Å². The molecule has 3 amide bonds. The first kappa shape index (κ1) is 22.8. The quantitative estimate of drug-likeness (QED) is 0.245. The summed E-state index contributed by atoms with van der Waals surface area (Å²) in [4.78, 5) is 26.4. The highest BCUT2D eigenvalue weighted by atomic mass is 127. The molecule has 1 fully saturated rings. The van der Waals surface area contributed by atoms with Crippen LogP contribution in [0.1, 0.15) is 22.3 Å². The van der Waals surface area contributed by atoms with Gasteiger partial charge in [-0.1, -0.05) is 60.2 Å². The van der Waals surface area contributed by atoms with Crippen LogP contribution in [0.5, 0.6) is 11.5 Å². The van der Waals surface area contributed by atoms with Crippen LogP contribution < -0.4 is 14.8 Å². The molecular formula is C26H23IN2O4. The van der Waals surface area contributed by atoms with Crippen LogP contribution in [0.4, 0.5) is 4.79 Å². The number of carbonyl (C=O) groups excluding carboxylic acids is 2. The van der Waals surface area contributed by atoms with Gasteiger partial charge in [0.2, 0.25) is 0 Å². The first-order chi connectivity index (χ1) is 15.9. The highest BCUT2D eigenvalue weighted by Crippen LogP contribution is 2.35. The second kappa shape index (κ2) is 10.1. The molecule has 0 saturated carbocycles. The number of hydrogen-bond donors (Lipinski definition) is 1. The molecule has 0 radical (unpaired) electrons. The van der Waals surface area contributed by atoms with E-state index >= 15 is 0 Å². The number of hydrogen-bond acceptors (Lipinski definition) is 4. The Morgan fingerprint density at radius 1 is 1.00 bits per heavy atom. The van der Waals surface area contributed by atoms with Gasteiger partial charge in [0.1, 0.15) is 12.3 Å². The van der Waals surface area contributed by atoms with Gasteiger partial charge in [0.15, 0.2) is 11.5 Å². The average Bonchev–Trinajstić information content (AvgIpc) is 3.06. The Bertz CT molecular complexity index is 1220. The van der Waals surface area contributed by atoms with E-state index in [4.69, 9.17) is 9.47 Å². The van der Waals surface area contributed by atoms with Gasteiger partial charge < -0.3 is 14.8 Å². The van der Waals surface area contributed by atoms with Crippen molar-refractivity contribution in [2.45, 2.75) is 20.1 Å². The molecule has 0 spiro atoms. The summed E-state index contributed by atoms with van der Waals surface area (Å²) in [5.41, 5.74) is 4.07. The van der Waals surface area contributed by atoms with Crippen LogP contribution in [0.2, 0.25) is 0 Å². The summed E-state index contributed by atoms with van der Waals surface area (Å²) in [7, 11) is 1.58. The molecule has 1 aliphatic heterocycles. The van der Waals surface area contributed by atoms with Gasteiger partial charge in [0, 0.05) is 0 Å². The van der Waals surface area contributed by atoms with Crippen LogP contribution in [-0.4, -0.2) is 23.9 Å². The van der Waals surface area contributed by atoms with Crippen LogP contribution >= 0.6 is 22.6 Å². The van der Waals surface area contributed by atoms with Crippen molar-refractivity contribution < 1.29 is 19.1 Å². The van der Waals surface area contributed by atoms with E-state index in [1.807, 2.05) is 61.5 Å². The smallest absolute Gasteiger partial charge is 0.329 e. The second-order valence-corrected chi connectivity index (χ2v) is 8.84. The van der Waals surface area contributed by atoms with Crippen molar-refractivity contribution in [1.29, 1.82) is 0 Å². The van der Waals surface area contributed by atoms with E-state index in [2.05, 4.69) is 34.0 Å². The highest BCUT2D eigenvalue weighted by Gasteiger charge is 2.33. The lowest BCUT2D eigenvalue weighted by Crippen LogP contribution is -2.30. The van der Waals surface area contributed by atoms with Crippen LogP contribution in [0.3, 0.4) is 0 Å².